The minimum Gasteiger partial charge on any atom is -0.497 e. The lowest BCUT2D eigenvalue weighted by Crippen LogP contribution is -2.20. The predicted octanol–water partition coefficient (Wildman–Crippen LogP) is 4.04. The van der Waals surface area contributed by atoms with Crippen molar-refractivity contribution in [2.75, 3.05) is 14.2 Å². The molecule has 0 saturated carbocycles. The Labute approximate surface area is 124 Å². The number of benzene rings is 2. The SMILES string of the molecule is CNC(c1ccc(OC)cc1)c1c(F)ccc(Br)c1F. The van der Waals surface area contributed by atoms with Crippen molar-refractivity contribution < 1.29 is 13.5 Å². The van der Waals surface area contributed by atoms with Crippen molar-refractivity contribution in [1.82, 2.24) is 5.32 Å². The molecule has 0 bridgehead atoms. The van der Waals surface area contributed by atoms with Crippen LogP contribution in [0, 0.1) is 11.6 Å². The Morgan fingerprint density at radius 3 is 2.30 bits per heavy atom. The molecule has 20 heavy (non-hydrogen) atoms. The van der Waals surface area contributed by atoms with Crippen LogP contribution in [0.15, 0.2) is 40.9 Å². The van der Waals surface area contributed by atoms with E-state index < -0.39 is 17.7 Å². The summed E-state index contributed by atoms with van der Waals surface area (Å²) in [5, 5.41) is 2.94. The van der Waals surface area contributed by atoms with Crippen LogP contribution in [0.5, 0.6) is 5.75 Å². The monoisotopic (exact) mass is 341 g/mol. The van der Waals surface area contributed by atoms with Crippen molar-refractivity contribution in [2.45, 2.75) is 6.04 Å². The van der Waals surface area contributed by atoms with E-state index in [-0.39, 0.29) is 10.0 Å². The molecule has 1 atom stereocenters. The van der Waals surface area contributed by atoms with Crippen LogP contribution in [0.4, 0.5) is 8.78 Å². The summed E-state index contributed by atoms with van der Waals surface area (Å²) in [5.74, 6) is -0.486. The van der Waals surface area contributed by atoms with Crippen LogP contribution in [-0.2, 0) is 0 Å². The summed E-state index contributed by atoms with van der Waals surface area (Å²) in [4.78, 5) is 0. The highest BCUT2D eigenvalue weighted by molar-refractivity contribution is 9.10. The maximum absolute atomic E-state index is 14.2. The molecule has 0 saturated heterocycles. The molecule has 0 radical (unpaired) electrons. The van der Waals surface area contributed by atoms with Gasteiger partial charge in [0.15, 0.2) is 0 Å². The Hall–Kier alpha value is -1.46. The lowest BCUT2D eigenvalue weighted by atomic mass is 9.97. The zero-order valence-electron chi connectivity index (χ0n) is 11.1. The Kier molecular flexibility index (Phi) is 4.73. The molecule has 106 valence electrons. The first-order chi connectivity index (χ1) is 9.58. The van der Waals surface area contributed by atoms with Crippen molar-refractivity contribution in [2.24, 2.45) is 0 Å². The van der Waals surface area contributed by atoms with E-state index in [1.54, 1.807) is 38.4 Å². The number of hydrogen-bond acceptors (Lipinski definition) is 2. The minimum atomic E-state index is -0.597. The molecule has 2 nitrogen and oxygen atoms in total. The fraction of sp³-hybridized carbons (Fsp3) is 0.200. The van der Waals surface area contributed by atoms with Gasteiger partial charge >= 0.3 is 0 Å². The van der Waals surface area contributed by atoms with E-state index in [2.05, 4.69) is 21.2 Å². The minimum absolute atomic E-state index is 0.00737. The summed E-state index contributed by atoms with van der Waals surface area (Å²) in [6, 6.07) is 9.10. The topological polar surface area (TPSA) is 21.3 Å². The largest absolute Gasteiger partial charge is 0.497 e. The van der Waals surface area contributed by atoms with Crippen LogP contribution in [0.1, 0.15) is 17.2 Å². The van der Waals surface area contributed by atoms with Crippen LogP contribution < -0.4 is 10.1 Å². The summed E-state index contributed by atoms with van der Waals surface area (Å²) in [5.41, 5.74) is 0.747. The average Bonchev–Trinajstić information content (AvgIpc) is 2.48. The van der Waals surface area contributed by atoms with Gasteiger partial charge in [-0.2, -0.15) is 0 Å². The van der Waals surface area contributed by atoms with Crippen LogP contribution in [0.2, 0.25) is 0 Å². The molecule has 0 fully saturated rings. The number of halogens is 3. The highest BCUT2D eigenvalue weighted by Gasteiger charge is 2.22. The maximum atomic E-state index is 14.2. The smallest absolute Gasteiger partial charge is 0.145 e. The molecule has 1 N–H and O–H groups in total. The van der Waals surface area contributed by atoms with Gasteiger partial charge in [-0.15, -0.1) is 0 Å². The molecule has 2 aromatic carbocycles. The number of ether oxygens (including phenoxy) is 1. The summed E-state index contributed by atoms with van der Waals surface area (Å²) in [7, 11) is 3.23. The third kappa shape index (κ3) is 2.83. The van der Waals surface area contributed by atoms with Gasteiger partial charge < -0.3 is 10.1 Å². The molecule has 0 aliphatic carbocycles. The van der Waals surface area contributed by atoms with E-state index >= 15 is 0 Å². The normalized spacial score (nSPS) is 12.2. The third-order valence-corrected chi connectivity index (χ3v) is 3.72. The van der Waals surface area contributed by atoms with Crippen molar-refractivity contribution >= 4 is 15.9 Å². The van der Waals surface area contributed by atoms with Crippen molar-refractivity contribution in [3.8, 4) is 5.75 Å². The molecule has 2 rings (SSSR count). The first kappa shape index (κ1) is 14.9. The van der Waals surface area contributed by atoms with Crippen LogP contribution in [0.25, 0.3) is 0 Å². The lowest BCUT2D eigenvalue weighted by molar-refractivity contribution is 0.414. The number of rotatable bonds is 4. The molecule has 0 aromatic heterocycles. The molecular weight excluding hydrogens is 328 g/mol. The molecule has 0 spiro atoms. The van der Waals surface area contributed by atoms with Crippen LogP contribution in [-0.4, -0.2) is 14.2 Å². The van der Waals surface area contributed by atoms with Gasteiger partial charge in [0.1, 0.15) is 17.4 Å². The Balaban J connectivity index is 2.49. The van der Waals surface area contributed by atoms with Gasteiger partial charge in [0, 0.05) is 5.56 Å². The molecule has 0 heterocycles. The Morgan fingerprint density at radius 1 is 1.10 bits per heavy atom. The van der Waals surface area contributed by atoms with E-state index in [4.69, 9.17) is 4.74 Å². The summed E-state index contributed by atoms with van der Waals surface area (Å²) in [6.07, 6.45) is 0. The van der Waals surface area contributed by atoms with E-state index in [1.165, 1.54) is 12.1 Å². The Morgan fingerprint density at radius 2 is 1.75 bits per heavy atom. The highest BCUT2D eigenvalue weighted by atomic mass is 79.9. The average molecular weight is 342 g/mol. The number of nitrogens with one attached hydrogen (secondary N) is 1. The fourth-order valence-electron chi connectivity index (χ4n) is 2.08. The van der Waals surface area contributed by atoms with Gasteiger partial charge in [-0.1, -0.05) is 12.1 Å². The molecule has 0 aliphatic rings. The zero-order valence-corrected chi connectivity index (χ0v) is 12.7. The third-order valence-electron chi connectivity index (χ3n) is 3.11. The molecule has 5 heteroatoms. The first-order valence-electron chi connectivity index (χ1n) is 6.03. The van der Waals surface area contributed by atoms with Gasteiger partial charge in [-0.3, -0.25) is 0 Å². The van der Waals surface area contributed by atoms with Gasteiger partial charge in [-0.05, 0) is 52.8 Å². The second-order valence-electron chi connectivity index (χ2n) is 4.25. The van der Waals surface area contributed by atoms with Gasteiger partial charge in [-0.25, -0.2) is 8.78 Å². The van der Waals surface area contributed by atoms with Crippen molar-refractivity contribution in [3.63, 3.8) is 0 Å². The van der Waals surface area contributed by atoms with E-state index in [1.807, 2.05) is 0 Å². The van der Waals surface area contributed by atoms with Gasteiger partial charge in [0.2, 0.25) is 0 Å². The summed E-state index contributed by atoms with van der Waals surface area (Å²) >= 11 is 3.08. The van der Waals surface area contributed by atoms with Gasteiger partial charge in [0.25, 0.3) is 0 Å². The lowest BCUT2D eigenvalue weighted by Gasteiger charge is -2.19. The maximum Gasteiger partial charge on any atom is 0.145 e. The number of methoxy groups -OCH3 is 1. The molecule has 0 amide bonds. The van der Waals surface area contributed by atoms with E-state index in [9.17, 15) is 8.78 Å². The molecular formula is C15H14BrF2NO. The van der Waals surface area contributed by atoms with Crippen molar-refractivity contribution in [3.05, 3.63) is 63.6 Å². The number of hydrogen-bond donors (Lipinski definition) is 1. The van der Waals surface area contributed by atoms with Crippen molar-refractivity contribution in [1.29, 1.82) is 0 Å². The first-order valence-corrected chi connectivity index (χ1v) is 6.82. The quantitative estimate of drug-likeness (QED) is 0.847. The van der Waals surface area contributed by atoms with Gasteiger partial charge in [0.05, 0.1) is 17.6 Å². The van der Waals surface area contributed by atoms with E-state index in [0.29, 0.717) is 5.75 Å². The standard InChI is InChI=1S/C15H14BrF2NO/c1-19-15(9-3-5-10(20-2)6-4-9)13-12(17)8-7-11(16)14(13)18/h3-8,15,19H,1-2H3. The van der Waals surface area contributed by atoms with Crippen LogP contribution >= 0.6 is 15.9 Å². The zero-order chi connectivity index (χ0) is 14.7. The summed E-state index contributed by atoms with van der Waals surface area (Å²) < 4.78 is 33.5. The second-order valence-corrected chi connectivity index (χ2v) is 5.11. The Bertz CT molecular complexity index is 602. The molecule has 1 unspecified atom stereocenters. The second kappa shape index (κ2) is 6.33. The highest BCUT2D eigenvalue weighted by Crippen LogP contribution is 2.31. The fourth-order valence-corrected chi connectivity index (χ4v) is 2.43. The molecule has 2 aromatic rings. The predicted molar refractivity (Wildman–Crippen MR) is 78.0 cm³/mol. The van der Waals surface area contributed by atoms with Crippen LogP contribution in [0.3, 0.4) is 0 Å². The summed E-state index contributed by atoms with van der Waals surface area (Å²) in [6.45, 7) is 0. The van der Waals surface area contributed by atoms with E-state index in [0.717, 1.165) is 5.56 Å². The molecule has 0 aliphatic heterocycles.